The van der Waals surface area contributed by atoms with E-state index >= 15 is 0 Å². The van der Waals surface area contributed by atoms with Gasteiger partial charge in [-0.1, -0.05) is 18.9 Å². The molecule has 0 aromatic carbocycles. The van der Waals surface area contributed by atoms with Gasteiger partial charge in [-0.05, 0) is 36.6 Å². The van der Waals surface area contributed by atoms with Crippen LogP contribution in [0.1, 0.15) is 41.7 Å². The molecule has 2 aromatic heterocycles. The molecule has 1 aliphatic rings. The van der Waals surface area contributed by atoms with Crippen LogP contribution in [0.15, 0.2) is 42.9 Å². The lowest BCUT2D eigenvalue weighted by atomic mass is 10.2. The van der Waals surface area contributed by atoms with Gasteiger partial charge in [0, 0.05) is 32.0 Å². The monoisotopic (exact) mass is 310 g/mol. The van der Waals surface area contributed by atoms with Gasteiger partial charge in [-0.2, -0.15) is 0 Å². The Morgan fingerprint density at radius 2 is 1.91 bits per heavy atom. The van der Waals surface area contributed by atoms with E-state index in [1.165, 1.54) is 25.7 Å². The number of pyridine rings is 2. The summed E-state index contributed by atoms with van der Waals surface area (Å²) in [5.74, 6) is -0.156. The molecule has 120 valence electrons. The summed E-state index contributed by atoms with van der Waals surface area (Å²) < 4.78 is 0. The molecule has 23 heavy (non-hydrogen) atoms. The van der Waals surface area contributed by atoms with Crippen molar-refractivity contribution in [1.82, 2.24) is 15.3 Å². The maximum absolute atomic E-state index is 12.2. The third-order valence-electron chi connectivity index (χ3n) is 4.13. The number of aromatic nitrogens is 2. The minimum atomic E-state index is -0.156. The number of carbonyl (C=O) groups is 1. The summed E-state index contributed by atoms with van der Waals surface area (Å²) >= 11 is 0. The van der Waals surface area contributed by atoms with Crippen LogP contribution in [0.25, 0.3) is 0 Å². The summed E-state index contributed by atoms with van der Waals surface area (Å²) in [6, 6.07) is 7.59. The zero-order chi connectivity index (χ0) is 15.9. The lowest BCUT2D eigenvalue weighted by Crippen LogP contribution is -2.26. The van der Waals surface area contributed by atoms with E-state index in [0.29, 0.717) is 12.2 Å². The maximum atomic E-state index is 12.2. The molecule has 1 N–H and O–H groups in total. The van der Waals surface area contributed by atoms with Crippen LogP contribution in [0.4, 0.5) is 5.69 Å². The molecule has 0 saturated carbocycles. The third-order valence-corrected chi connectivity index (χ3v) is 4.13. The zero-order valence-corrected chi connectivity index (χ0v) is 13.2. The lowest BCUT2D eigenvalue weighted by molar-refractivity contribution is 0.0946. The van der Waals surface area contributed by atoms with Crippen LogP contribution in [0.2, 0.25) is 0 Å². The molecule has 0 unspecified atom stereocenters. The van der Waals surface area contributed by atoms with Gasteiger partial charge < -0.3 is 10.2 Å². The SMILES string of the molecule is O=C(NCc1cccnc1)c1ccc(N2CCCCCC2)cn1. The second-order valence-corrected chi connectivity index (χ2v) is 5.85. The molecule has 5 heteroatoms. The summed E-state index contributed by atoms with van der Waals surface area (Å²) in [5, 5.41) is 2.87. The Morgan fingerprint density at radius 1 is 1.09 bits per heavy atom. The van der Waals surface area contributed by atoms with Gasteiger partial charge in [0.2, 0.25) is 0 Å². The van der Waals surface area contributed by atoms with E-state index in [0.717, 1.165) is 24.3 Å². The lowest BCUT2D eigenvalue weighted by Gasteiger charge is -2.22. The molecule has 5 nitrogen and oxygen atoms in total. The second-order valence-electron chi connectivity index (χ2n) is 5.85. The van der Waals surface area contributed by atoms with Crippen LogP contribution in [-0.2, 0) is 6.54 Å². The molecule has 0 spiro atoms. The van der Waals surface area contributed by atoms with Gasteiger partial charge in [0.15, 0.2) is 0 Å². The summed E-state index contributed by atoms with van der Waals surface area (Å²) in [6.07, 6.45) is 10.3. The Kier molecular flexibility index (Phi) is 5.19. The number of carbonyl (C=O) groups excluding carboxylic acids is 1. The first kappa shape index (κ1) is 15.5. The molecule has 1 saturated heterocycles. The van der Waals surface area contributed by atoms with Gasteiger partial charge >= 0.3 is 0 Å². The predicted octanol–water partition coefficient (Wildman–Crippen LogP) is 2.79. The van der Waals surface area contributed by atoms with Gasteiger partial charge in [-0.25, -0.2) is 4.98 Å². The number of nitrogens with one attached hydrogen (secondary N) is 1. The van der Waals surface area contributed by atoms with Crippen molar-refractivity contribution in [3.05, 3.63) is 54.1 Å². The van der Waals surface area contributed by atoms with Gasteiger partial charge in [0.1, 0.15) is 5.69 Å². The van der Waals surface area contributed by atoms with Crippen molar-refractivity contribution in [2.75, 3.05) is 18.0 Å². The van der Waals surface area contributed by atoms with Crippen molar-refractivity contribution in [3.63, 3.8) is 0 Å². The fraction of sp³-hybridized carbons (Fsp3) is 0.389. The van der Waals surface area contributed by atoms with Gasteiger partial charge in [0.25, 0.3) is 5.91 Å². The van der Waals surface area contributed by atoms with Crippen LogP contribution in [0, 0.1) is 0 Å². The average molecular weight is 310 g/mol. The first-order valence-corrected chi connectivity index (χ1v) is 8.21. The van der Waals surface area contributed by atoms with Crippen molar-refractivity contribution in [2.45, 2.75) is 32.2 Å². The topological polar surface area (TPSA) is 58.1 Å². The highest BCUT2D eigenvalue weighted by molar-refractivity contribution is 5.92. The number of amides is 1. The van der Waals surface area contributed by atoms with Crippen LogP contribution in [0.5, 0.6) is 0 Å². The molecular formula is C18H22N4O. The minimum Gasteiger partial charge on any atom is -0.370 e. The normalized spacial score (nSPS) is 15.0. The van der Waals surface area contributed by atoms with E-state index in [1.54, 1.807) is 18.5 Å². The Hall–Kier alpha value is -2.43. The zero-order valence-electron chi connectivity index (χ0n) is 13.2. The van der Waals surface area contributed by atoms with E-state index in [-0.39, 0.29) is 5.91 Å². The fourth-order valence-corrected chi connectivity index (χ4v) is 2.81. The molecule has 2 aromatic rings. The predicted molar refractivity (Wildman–Crippen MR) is 90.3 cm³/mol. The number of nitrogens with zero attached hydrogens (tertiary/aromatic N) is 3. The van der Waals surface area contributed by atoms with Crippen molar-refractivity contribution < 1.29 is 4.79 Å². The molecule has 3 heterocycles. The first-order valence-electron chi connectivity index (χ1n) is 8.21. The molecule has 1 amide bonds. The van der Waals surface area contributed by atoms with Crippen LogP contribution in [0.3, 0.4) is 0 Å². The van der Waals surface area contributed by atoms with E-state index in [9.17, 15) is 4.79 Å². The minimum absolute atomic E-state index is 0.156. The molecule has 1 fully saturated rings. The molecule has 3 rings (SSSR count). The third kappa shape index (κ3) is 4.28. The summed E-state index contributed by atoms with van der Waals surface area (Å²) in [6.45, 7) is 2.62. The largest absolute Gasteiger partial charge is 0.370 e. The fourth-order valence-electron chi connectivity index (χ4n) is 2.81. The Morgan fingerprint density at radius 3 is 2.57 bits per heavy atom. The number of hydrogen-bond acceptors (Lipinski definition) is 4. The molecule has 1 aliphatic heterocycles. The molecule has 0 aliphatic carbocycles. The maximum Gasteiger partial charge on any atom is 0.270 e. The van der Waals surface area contributed by atoms with Crippen molar-refractivity contribution >= 4 is 11.6 Å². The standard InChI is InChI=1S/C18H22N4O/c23-18(21-13-15-6-5-9-19-12-15)17-8-7-16(14-20-17)22-10-3-1-2-4-11-22/h5-9,12,14H,1-4,10-11,13H2,(H,21,23). The Balaban J connectivity index is 1.58. The smallest absolute Gasteiger partial charge is 0.270 e. The highest BCUT2D eigenvalue weighted by atomic mass is 16.1. The number of hydrogen-bond donors (Lipinski definition) is 1. The van der Waals surface area contributed by atoms with Gasteiger partial charge in [0.05, 0.1) is 11.9 Å². The van der Waals surface area contributed by atoms with E-state index < -0.39 is 0 Å². The summed E-state index contributed by atoms with van der Waals surface area (Å²) in [4.78, 5) is 22.9. The molecular weight excluding hydrogens is 288 g/mol. The molecule has 0 bridgehead atoms. The average Bonchev–Trinajstić information content (AvgIpc) is 2.90. The Bertz CT molecular complexity index is 619. The van der Waals surface area contributed by atoms with Crippen LogP contribution >= 0.6 is 0 Å². The van der Waals surface area contributed by atoms with E-state index in [1.807, 2.05) is 24.4 Å². The van der Waals surface area contributed by atoms with Crippen LogP contribution in [-0.4, -0.2) is 29.0 Å². The van der Waals surface area contributed by atoms with Crippen molar-refractivity contribution in [1.29, 1.82) is 0 Å². The molecule has 0 radical (unpaired) electrons. The highest BCUT2D eigenvalue weighted by Gasteiger charge is 2.12. The first-order chi connectivity index (χ1) is 11.3. The number of rotatable bonds is 4. The highest BCUT2D eigenvalue weighted by Crippen LogP contribution is 2.18. The summed E-state index contributed by atoms with van der Waals surface area (Å²) in [7, 11) is 0. The summed E-state index contributed by atoms with van der Waals surface area (Å²) in [5.41, 5.74) is 2.53. The van der Waals surface area contributed by atoms with Crippen molar-refractivity contribution in [2.24, 2.45) is 0 Å². The molecule has 0 atom stereocenters. The van der Waals surface area contributed by atoms with Gasteiger partial charge in [-0.15, -0.1) is 0 Å². The Labute approximate surface area is 136 Å². The van der Waals surface area contributed by atoms with Gasteiger partial charge in [-0.3, -0.25) is 9.78 Å². The number of anilines is 1. The van der Waals surface area contributed by atoms with E-state index in [2.05, 4.69) is 20.2 Å². The van der Waals surface area contributed by atoms with Crippen LogP contribution < -0.4 is 10.2 Å². The van der Waals surface area contributed by atoms with E-state index in [4.69, 9.17) is 0 Å². The quantitative estimate of drug-likeness (QED) is 0.943. The van der Waals surface area contributed by atoms with Crippen molar-refractivity contribution in [3.8, 4) is 0 Å². The second kappa shape index (κ2) is 7.72.